The first-order valence-electron chi connectivity index (χ1n) is 8.53. The Labute approximate surface area is 136 Å². The lowest BCUT2D eigenvalue weighted by atomic mass is 10.1. The summed E-state index contributed by atoms with van der Waals surface area (Å²) in [4.78, 5) is 23.8. The molecule has 130 valence electrons. The number of hydrogen-bond acceptors (Lipinski definition) is 4. The van der Waals surface area contributed by atoms with Gasteiger partial charge in [0.15, 0.2) is 5.78 Å². The molecule has 0 aromatic carbocycles. The molecule has 0 bridgehead atoms. The summed E-state index contributed by atoms with van der Waals surface area (Å²) >= 11 is 0. The van der Waals surface area contributed by atoms with Crippen LogP contribution < -0.4 is 16.0 Å². The maximum absolute atomic E-state index is 12.2. The van der Waals surface area contributed by atoms with E-state index >= 15 is 0 Å². The van der Waals surface area contributed by atoms with E-state index in [9.17, 15) is 9.59 Å². The van der Waals surface area contributed by atoms with Crippen LogP contribution in [0.3, 0.4) is 0 Å². The van der Waals surface area contributed by atoms with Gasteiger partial charge in [0.2, 0.25) is 5.91 Å². The number of carbonyl (C=O) groups excluding carboxylic acids is 2. The Bertz CT molecular complexity index is 328. The summed E-state index contributed by atoms with van der Waals surface area (Å²) < 4.78 is 0. The van der Waals surface area contributed by atoms with Crippen molar-refractivity contribution in [3.63, 3.8) is 0 Å². The highest BCUT2D eigenvalue weighted by Gasteiger charge is 2.19. The Kier molecular flexibility index (Phi) is 11.1. The van der Waals surface area contributed by atoms with Gasteiger partial charge in [-0.05, 0) is 19.4 Å². The smallest absolute Gasteiger partial charge is 0.237 e. The van der Waals surface area contributed by atoms with Gasteiger partial charge in [-0.15, -0.1) is 0 Å². The molecule has 0 aromatic heterocycles. The Balaban J connectivity index is 4.20. The van der Waals surface area contributed by atoms with E-state index in [0.717, 1.165) is 25.8 Å². The number of hydrogen-bond donors (Lipinski definition) is 3. The summed E-state index contributed by atoms with van der Waals surface area (Å²) in [6.07, 6.45) is 2.82. The largest absolute Gasteiger partial charge is 0.348 e. The van der Waals surface area contributed by atoms with E-state index in [4.69, 9.17) is 0 Å². The van der Waals surface area contributed by atoms with Gasteiger partial charge in [-0.2, -0.15) is 0 Å². The van der Waals surface area contributed by atoms with E-state index in [-0.39, 0.29) is 36.2 Å². The fourth-order valence-electron chi connectivity index (χ4n) is 2.06. The second-order valence-electron chi connectivity index (χ2n) is 6.82. The van der Waals surface area contributed by atoms with Crippen molar-refractivity contribution in [2.75, 3.05) is 13.1 Å². The first-order chi connectivity index (χ1) is 10.2. The van der Waals surface area contributed by atoms with Crippen molar-refractivity contribution >= 4 is 11.7 Å². The lowest BCUT2D eigenvalue weighted by Crippen LogP contribution is -2.48. The molecular formula is C17H35N3O2. The molecule has 0 aliphatic carbocycles. The van der Waals surface area contributed by atoms with Gasteiger partial charge >= 0.3 is 0 Å². The van der Waals surface area contributed by atoms with E-state index in [1.54, 1.807) is 0 Å². The SMILES string of the molecule is CC(C)NCCCCC(NC(C)C)C(=O)NCC(=O)C(C)C. The lowest BCUT2D eigenvalue weighted by Gasteiger charge is -2.21. The quantitative estimate of drug-likeness (QED) is 0.481. The zero-order valence-electron chi connectivity index (χ0n) is 15.2. The minimum atomic E-state index is -0.223. The highest BCUT2D eigenvalue weighted by molar-refractivity contribution is 5.89. The van der Waals surface area contributed by atoms with Gasteiger partial charge in [0.1, 0.15) is 0 Å². The summed E-state index contributed by atoms with van der Waals surface area (Å²) in [6.45, 7) is 13.1. The molecule has 3 N–H and O–H groups in total. The van der Waals surface area contributed by atoms with Crippen LogP contribution in [-0.4, -0.2) is 42.9 Å². The Morgan fingerprint density at radius 2 is 1.55 bits per heavy atom. The maximum atomic E-state index is 12.2. The normalized spacial score (nSPS) is 13.0. The molecule has 0 heterocycles. The molecule has 1 amide bonds. The molecule has 0 aliphatic rings. The number of Topliss-reactive ketones (excluding diaryl/α,β-unsaturated/α-hetero) is 1. The van der Waals surface area contributed by atoms with Crippen molar-refractivity contribution in [3.05, 3.63) is 0 Å². The average molecular weight is 313 g/mol. The molecular weight excluding hydrogens is 278 g/mol. The third-order valence-corrected chi connectivity index (χ3v) is 3.40. The minimum Gasteiger partial charge on any atom is -0.348 e. The molecule has 0 saturated heterocycles. The molecule has 0 rings (SSSR count). The second-order valence-corrected chi connectivity index (χ2v) is 6.82. The van der Waals surface area contributed by atoms with E-state index in [0.29, 0.717) is 6.04 Å². The molecule has 0 spiro atoms. The van der Waals surface area contributed by atoms with Crippen LogP contribution in [0.5, 0.6) is 0 Å². The van der Waals surface area contributed by atoms with Crippen molar-refractivity contribution in [2.24, 2.45) is 5.92 Å². The lowest BCUT2D eigenvalue weighted by molar-refractivity contribution is -0.127. The van der Waals surface area contributed by atoms with Gasteiger partial charge in [0.05, 0.1) is 12.6 Å². The average Bonchev–Trinajstić information content (AvgIpc) is 2.41. The number of unbranched alkanes of at least 4 members (excludes halogenated alkanes) is 1. The van der Waals surface area contributed by atoms with Crippen LogP contribution in [0.1, 0.15) is 60.8 Å². The van der Waals surface area contributed by atoms with Gasteiger partial charge in [-0.3, -0.25) is 9.59 Å². The summed E-state index contributed by atoms with van der Waals surface area (Å²) in [5, 5.41) is 9.43. The fraction of sp³-hybridized carbons (Fsp3) is 0.882. The third-order valence-electron chi connectivity index (χ3n) is 3.40. The van der Waals surface area contributed by atoms with Crippen molar-refractivity contribution < 1.29 is 9.59 Å². The molecule has 0 radical (unpaired) electrons. The third kappa shape index (κ3) is 10.7. The zero-order valence-corrected chi connectivity index (χ0v) is 15.2. The second kappa shape index (κ2) is 11.6. The van der Waals surface area contributed by atoms with Gasteiger partial charge < -0.3 is 16.0 Å². The minimum absolute atomic E-state index is 0.0427. The molecule has 1 atom stereocenters. The molecule has 5 nitrogen and oxygen atoms in total. The van der Waals surface area contributed by atoms with Gasteiger partial charge in [0.25, 0.3) is 0 Å². The van der Waals surface area contributed by atoms with Crippen LogP contribution in [-0.2, 0) is 9.59 Å². The summed E-state index contributed by atoms with van der Waals surface area (Å²) in [6, 6.07) is 0.513. The van der Waals surface area contributed by atoms with Crippen molar-refractivity contribution in [1.29, 1.82) is 0 Å². The number of amides is 1. The molecule has 0 aliphatic heterocycles. The van der Waals surface area contributed by atoms with Crippen molar-refractivity contribution in [3.8, 4) is 0 Å². The van der Waals surface area contributed by atoms with Crippen molar-refractivity contribution in [1.82, 2.24) is 16.0 Å². The van der Waals surface area contributed by atoms with Crippen LogP contribution in [0.2, 0.25) is 0 Å². The van der Waals surface area contributed by atoms with E-state index < -0.39 is 0 Å². The van der Waals surface area contributed by atoms with E-state index in [1.165, 1.54) is 0 Å². The standard InChI is InChI=1S/C17H35N3O2/c1-12(2)16(21)11-19-17(22)15(20-14(5)6)9-7-8-10-18-13(3)4/h12-15,18,20H,7-11H2,1-6H3,(H,19,22). The summed E-state index contributed by atoms with van der Waals surface area (Å²) in [7, 11) is 0. The van der Waals surface area contributed by atoms with E-state index in [2.05, 4.69) is 29.8 Å². The molecule has 1 unspecified atom stereocenters. The number of carbonyl (C=O) groups is 2. The fourth-order valence-corrected chi connectivity index (χ4v) is 2.06. The summed E-state index contributed by atoms with van der Waals surface area (Å²) in [5.41, 5.74) is 0. The Hall–Kier alpha value is -0.940. The zero-order chi connectivity index (χ0) is 17.1. The van der Waals surface area contributed by atoms with Gasteiger partial charge in [-0.25, -0.2) is 0 Å². The number of rotatable bonds is 12. The first kappa shape index (κ1) is 21.1. The van der Waals surface area contributed by atoms with Gasteiger partial charge in [-0.1, -0.05) is 48.0 Å². The van der Waals surface area contributed by atoms with Crippen LogP contribution in [0.15, 0.2) is 0 Å². The topological polar surface area (TPSA) is 70.2 Å². The Morgan fingerprint density at radius 3 is 2.05 bits per heavy atom. The molecule has 5 heteroatoms. The highest BCUT2D eigenvalue weighted by Crippen LogP contribution is 2.03. The van der Waals surface area contributed by atoms with Crippen molar-refractivity contribution in [2.45, 2.75) is 78.9 Å². The van der Waals surface area contributed by atoms with E-state index in [1.807, 2.05) is 27.7 Å². The van der Waals surface area contributed by atoms with Crippen LogP contribution in [0.4, 0.5) is 0 Å². The summed E-state index contributed by atoms with van der Waals surface area (Å²) in [5.74, 6) is -0.0452. The number of ketones is 1. The predicted molar refractivity (Wildman–Crippen MR) is 91.9 cm³/mol. The highest BCUT2D eigenvalue weighted by atomic mass is 16.2. The molecule has 0 aromatic rings. The predicted octanol–water partition coefficient (Wildman–Crippen LogP) is 1.86. The van der Waals surface area contributed by atoms with Crippen LogP contribution in [0.25, 0.3) is 0 Å². The molecule has 22 heavy (non-hydrogen) atoms. The van der Waals surface area contributed by atoms with Gasteiger partial charge in [0, 0.05) is 18.0 Å². The monoisotopic (exact) mass is 313 g/mol. The molecule has 0 saturated carbocycles. The maximum Gasteiger partial charge on any atom is 0.237 e. The first-order valence-corrected chi connectivity index (χ1v) is 8.53. The van der Waals surface area contributed by atoms with Crippen LogP contribution in [0, 0.1) is 5.92 Å². The molecule has 0 fully saturated rings. The number of nitrogens with one attached hydrogen (secondary N) is 3. The Morgan fingerprint density at radius 1 is 0.909 bits per heavy atom. The van der Waals surface area contributed by atoms with Crippen LogP contribution >= 0.6 is 0 Å².